The van der Waals surface area contributed by atoms with Crippen molar-refractivity contribution < 1.29 is 28.2 Å². The Hall–Kier alpha value is -1.35. The van der Waals surface area contributed by atoms with Crippen LogP contribution in [-0.2, 0) is 14.6 Å². The maximum Gasteiger partial charge on any atom is 0.328 e. The molecule has 1 aliphatic rings. The van der Waals surface area contributed by atoms with Crippen molar-refractivity contribution >= 4 is 21.8 Å². The molecular weight excluding hydrogens is 264 g/mol. The monoisotopic (exact) mass is 280 g/mol. The number of aliphatic carboxylic acids is 1. The van der Waals surface area contributed by atoms with Gasteiger partial charge < -0.3 is 20.4 Å². The van der Waals surface area contributed by atoms with E-state index >= 15 is 0 Å². The molecule has 1 heterocycles. The van der Waals surface area contributed by atoms with E-state index in [0.717, 1.165) is 0 Å². The first-order chi connectivity index (χ1) is 8.35. The van der Waals surface area contributed by atoms with Crippen LogP contribution >= 0.6 is 0 Å². The molecule has 0 spiro atoms. The number of carbonyl (C=O) groups is 2. The third kappa shape index (κ3) is 4.15. The molecule has 0 aromatic rings. The second-order valence-electron chi connectivity index (χ2n) is 4.02. The van der Waals surface area contributed by atoms with E-state index in [9.17, 15) is 18.0 Å². The van der Waals surface area contributed by atoms with E-state index < -0.39 is 34.5 Å². The van der Waals surface area contributed by atoms with Gasteiger partial charge in [0.05, 0.1) is 18.1 Å². The van der Waals surface area contributed by atoms with E-state index in [1.807, 2.05) is 0 Å². The van der Waals surface area contributed by atoms with Crippen LogP contribution in [0.25, 0.3) is 0 Å². The maximum absolute atomic E-state index is 11.7. The third-order valence-corrected chi connectivity index (χ3v) is 4.34. The quantitative estimate of drug-likeness (QED) is 0.564. The molecule has 0 bridgehead atoms. The fourth-order valence-corrected chi connectivity index (χ4v) is 2.84. The molecule has 2 amide bonds. The summed E-state index contributed by atoms with van der Waals surface area (Å²) in [6.07, 6.45) is 0.326. The summed E-state index contributed by atoms with van der Waals surface area (Å²) in [5.74, 6) is -1.44. The van der Waals surface area contributed by atoms with Crippen LogP contribution in [0.2, 0.25) is 0 Å². The largest absolute Gasteiger partial charge is 0.480 e. The number of carboxylic acid groups (broad SMARTS) is 1. The number of hydrogen-bond donors (Lipinski definition) is 3. The molecule has 1 rings (SSSR count). The molecule has 18 heavy (non-hydrogen) atoms. The molecule has 9 heteroatoms. The summed E-state index contributed by atoms with van der Waals surface area (Å²) >= 11 is 0. The summed E-state index contributed by atoms with van der Waals surface area (Å²) in [6, 6.07) is -2.05. The number of nitrogens with zero attached hydrogens (tertiary/aromatic N) is 1. The Morgan fingerprint density at radius 3 is 2.50 bits per heavy atom. The van der Waals surface area contributed by atoms with Crippen LogP contribution < -0.4 is 5.32 Å². The highest BCUT2D eigenvalue weighted by Gasteiger charge is 2.25. The fourth-order valence-electron chi connectivity index (χ4n) is 1.57. The van der Waals surface area contributed by atoms with Crippen molar-refractivity contribution in [3.63, 3.8) is 0 Å². The maximum atomic E-state index is 11.7. The van der Waals surface area contributed by atoms with Crippen molar-refractivity contribution in [1.29, 1.82) is 0 Å². The van der Waals surface area contributed by atoms with Crippen LogP contribution in [0.4, 0.5) is 4.79 Å². The second kappa shape index (κ2) is 6.01. The third-order valence-electron chi connectivity index (χ3n) is 2.62. The molecule has 0 saturated carbocycles. The molecule has 0 aliphatic carbocycles. The predicted octanol–water partition coefficient (Wildman–Crippen LogP) is -1.74. The van der Waals surface area contributed by atoms with Gasteiger partial charge in [0.25, 0.3) is 0 Å². The predicted molar refractivity (Wildman–Crippen MR) is 61.9 cm³/mol. The molecule has 0 aromatic heterocycles. The number of sulfone groups is 1. The van der Waals surface area contributed by atoms with Crippen LogP contribution in [0.5, 0.6) is 0 Å². The lowest BCUT2D eigenvalue weighted by Crippen LogP contribution is -2.50. The lowest BCUT2D eigenvalue weighted by atomic mass is 10.3. The minimum Gasteiger partial charge on any atom is -0.480 e. The van der Waals surface area contributed by atoms with Gasteiger partial charge in [-0.05, 0) is 6.42 Å². The van der Waals surface area contributed by atoms with E-state index in [2.05, 4.69) is 5.32 Å². The zero-order valence-corrected chi connectivity index (χ0v) is 10.5. The molecule has 1 aliphatic heterocycles. The summed E-state index contributed by atoms with van der Waals surface area (Å²) in [5.41, 5.74) is 0. The molecule has 1 atom stereocenters. The Balaban J connectivity index is 2.59. The SMILES string of the molecule is O=C(O)[C@@H](CO)NC(=O)N1CCCS(=O)(=O)CC1. The van der Waals surface area contributed by atoms with Gasteiger partial charge in [-0.3, -0.25) is 0 Å². The molecule has 3 N–H and O–H groups in total. The van der Waals surface area contributed by atoms with E-state index in [1.165, 1.54) is 4.90 Å². The van der Waals surface area contributed by atoms with Crippen molar-refractivity contribution in [2.75, 3.05) is 31.2 Å². The lowest BCUT2D eigenvalue weighted by molar-refractivity contribution is -0.140. The van der Waals surface area contributed by atoms with Gasteiger partial charge in [0.2, 0.25) is 0 Å². The summed E-state index contributed by atoms with van der Waals surface area (Å²) in [6.45, 7) is -0.429. The summed E-state index contributed by atoms with van der Waals surface area (Å²) in [5, 5.41) is 19.6. The van der Waals surface area contributed by atoms with Crippen LogP contribution in [0.15, 0.2) is 0 Å². The zero-order valence-electron chi connectivity index (χ0n) is 9.70. The van der Waals surface area contributed by atoms with E-state index in [4.69, 9.17) is 10.2 Å². The topological polar surface area (TPSA) is 124 Å². The van der Waals surface area contributed by atoms with Gasteiger partial charge in [0.15, 0.2) is 15.9 Å². The van der Waals surface area contributed by atoms with E-state index in [0.29, 0.717) is 6.42 Å². The average Bonchev–Trinajstić information content (AvgIpc) is 2.46. The lowest BCUT2D eigenvalue weighted by Gasteiger charge is -2.22. The minimum absolute atomic E-state index is 0.0269. The molecule has 1 saturated heterocycles. The van der Waals surface area contributed by atoms with Crippen LogP contribution in [0, 0.1) is 0 Å². The van der Waals surface area contributed by atoms with Gasteiger partial charge in [-0.1, -0.05) is 0 Å². The minimum atomic E-state index is -3.12. The molecule has 0 aromatic carbocycles. The molecule has 0 unspecified atom stereocenters. The Morgan fingerprint density at radius 2 is 1.94 bits per heavy atom. The second-order valence-corrected chi connectivity index (χ2v) is 6.32. The van der Waals surface area contributed by atoms with Crippen molar-refractivity contribution in [3.05, 3.63) is 0 Å². The van der Waals surface area contributed by atoms with Crippen molar-refractivity contribution in [1.82, 2.24) is 10.2 Å². The highest BCUT2D eigenvalue weighted by Crippen LogP contribution is 2.05. The Morgan fingerprint density at radius 1 is 1.28 bits per heavy atom. The number of nitrogens with one attached hydrogen (secondary N) is 1. The number of carbonyl (C=O) groups excluding carboxylic acids is 1. The van der Waals surface area contributed by atoms with Crippen LogP contribution in [0.1, 0.15) is 6.42 Å². The first-order valence-corrected chi connectivity index (χ1v) is 7.27. The number of amides is 2. The molecule has 8 nitrogen and oxygen atoms in total. The number of aliphatic hydroxyl groups is 1. The molecule has 1 fully saturated rings. The van der Waals surface area contributed by atoms with Crippen molar-refractivity contribution in [3.8, 4) is 0 Å². The van der Waals surface area contributed by atoms with Crippen molar-refractivity contribution in [2.24, 2.45) is 0 Å². The van der Waals surface area contributed by atoms with E-state index in [-0.39, 0.29) is 24.6 Å². The van der Waals surface area contributed by atoms with Crippen LogP contribution in [-0.4, -0.2) is 72.8 Å². The van der Waals surface area contributed by atoms with Gasteiger partial charge in [0.1, 0.15) is 0 Å². The summed E-state index contributed by atoms with van der Waals surface area (Å²) in [7, 11) is -3.12. The Labute approximate surface area is 104 Å². The number of hydrogen-bond acceptors (Lipinski definition) is 5. The normalized spacial score (nSPS) is 20.8. The Bertz CT molecular complexity index is 421. The Kier molecular flexibility index (Phi) is 4.91. The number of carboxylic acids is 1. The summed E-state index contributed by atoms with van der Waals surface area (Å²) < 4.78 is 22.7. The van der Waals surface area contributed by atoms with E-state index in [1.54, 1.807) is 0 Å². The molecular formula is C9H16N2O6S. The van der Waals surface area contributed by atoms with Gasteiger partial charge in [-0.2, -0.15) is 0 Å². The first-order valence-electron chi connectivity index (χ1n) is 5.45. The smallest absolute Gasteiger partial charge is 0.328 e. The average molecular weight is 280 g/mol. The van der Waals surface area contributed by atoms with Crippen molar-refractivity contribution in [2.45, 2.75) is 12.5 Å². The van der Waals surface area contributed by atoms with Gasteiger partial charge in [-0.15, -0.1) is 0 Å². The van der Waals surface area contributed by atoms with Gasteiger partial charge in [0, 0.05) is 13.1 Å². The number of aliphatic hydroxyl groups excluding tert-OH is 1. The van der Waals surface area contributed by atoms with Crippen LogP contribution in [0.3, 0.4) is 0 Å². The fraction of sp³-hybridized carbons (Fsp3) is 0.778. The summed E-state index contributed by atoms with van der Waals surface area (Å²) in [4.78, 5) is 23.6. The van der Waals surface area contributed by atoms with Gasteiger partial charge >= 0.3 is 12.0 Å². The number of urea groups is 1. The zero-order chi connectivity index (χ0) is 13.8. The first kappa shape index (κ1) is 14.7. The number of rotatable bonds is 3. The molecule has 104 valence electrons. The molecule has 0 radical (unpaired) electrons. The standard InChI is InChI=1S/C9H16N2O6S/c12-6-7(8(13)14)10-9(15)11-2-1-4-18(16,17)5-3-11/h7,12H,1-6H2,(H,10,15)(H,13,14)/t7-/m1/s1. The highest BCUT2D eigenvalue weighted by molar-refractivity contribution is 7.91. The highest BCUT2D eigenvalue weighted by atomic mass is 32.2. The van der Waals surface area contributed by atoms with Gasteiger partial charge in [-0.25, -0.2) is 18.0 Å².